The molecular formula is C14H20N4O2. The Morgan fingerprint density at radius 1 is 1.40 bits per heavy atom. The van der Waals surface area contributed by atoms with E-state index < -0.39 is 0 Å². The SMILES string of the molecule is CCCc1cc(C(=O)N2CCN(C)C(=O)C2)cc(N)n1. The maximum atomic E-state index is 12.4. The van der Waals surface area contributed by atoms with Gasteiger partial charge in [-0.3, -0.25) is 9.59 Å². The number of pyridine rings is 1. The quantitative estimate of drug-likeness (QED) is 0.873. The summed E-state index contributed by atoms with van der Waals surface area (Å²) in [7, 11) is 1.74. The molecule has 1 fully saturated rings. The average Bonchev–Trinajstić information content (AvgIpc) is 2.41. The van der Waals surface area contributed by atoms with E-state index in [-0.39, 0.29) is 18.4 Å². The number of likely N-dealkylation sites (N-methyl/N-ethyl adjacent to an activating group) is 1. The van der Waals surface area contributed by atoms with E-state index in [0.29, 0.717) is 24.5 Å². The first-order valence-electron chi connectivity index (χ1n) is 6.81. The summed E-state index contributed by atoms with van der Waals surface area (Å²) in [5.41, 5.74) is 7.08. The molecule has 108 valence electrons. The Kier molecular flexibility index (Phi) is 4.22. The van der Waals surface area contributed by atoms with E-state index in [9.17, 15) is 9.59 Å². The average molecular weight is 276 g/mol. The van der Waals surface area contributed by atoms with Crippen molar-refractivity contribution in [2.45, 2.75) is 19.8 Å². The van der Waals surface area contributed by atoms with Crippen molar-refractivity contribution >= 4 is 17.6 Å². The lowest BCUT2D eigenvalue weighted by Crippen LogP contribution is -2.50. The minimum Gasteiger partial charge on any atom is -0.384 e. The van der Waals surface area contributed by atoms with E-state index in [0.717, 1.165) is 18.5 Å². The molecule has 0 spiro atoms. The van der Waals surface area contributed by atoms with Gasteiger partial charge in [-0.25, -0.2) is 4.98 Å². The number of nitrogens with two attached hydrogens (primary N) is 1. The number of anilines is 1. The zero-order chi connectivity index (χ0) is 14.7. The fourth-order valence-electron chi connectivity index (χ4n) is 2.23. The van der Waals surface area contributed by atoms with Crippen LogP contribution in [-0.2, 0) is 11.2 Å². The smallest absolute Gasteiger partial charge is 0.254 e. The highest BCUT2D eigenvalue weighted by molar-refractivity contribution is 5.97. The van der Waals surface area contributed by atoms with Gasteiger partial charge in [0.15, 0.2) is 0 Å². The summed E-state index contributed by atoms with van der Waals surface area (Å²) in [6.07, 6.45) is 1.73. The molecule has 6 nitrogen and oxygen atoms in total. The van der Waals surface area contributed by atoms with Crippen LogP contribution in [0.3, 0.4) is 0 Å². The zero-order valence-electron chi connectivity index (χ0n) is 11.9. The molecule has 0 bridgehead atoms. The first kappa shape index (κ1) is 14.3. The fourth-order valence-corrected chi connectivity index (χ4v) is 2.23. The molecule has 0 atom stereocenters. The summed E-state index contributed by atoms with van der Waals surface area (Å²) < 4.78 is 0. The first-order chi connectivity index (χ1) is 9.51. The molecule has 1 aromatic heterocycles. The van der Waals surface area contributed by atoms with Gasteiger partial charge in [-0.05, 0) is 18.6 Å². The second-order valence-corrected chi connectivity index (χ2v) is 5.06. The Labute approximate surface area is 118 Å². The van der Waals surface area contributed by atoms with Gasteiger partial charge in [0.2, 0.25) is 5.91 Å². The maximum Gasteiger partial charge on any atom is 0.254 e. The van der Waals surface area contributed by atoms with Gasteiger partial charge in [0, 0.05) is 31.4 Å². The lowest BCUT2D eigenvalue weighted by Gasteiger charge is -2.32. The zero-order valence-corrected chi connectivity index (χ0v) is 11.9. The summed E-state index contributed by atoms with van der Waals surface area (Å²) in [6, 6.07) is 3.34. The topological polar surface area (TPSA) is 79.5 Å². The molecule has 0 aromatic carbocycles. The van der Waals surface area contributed by atoms with Gasteiger partial charge in [-0.15, -0.1) is 0 Å². The Morgan fingerprint density at radius 3 is 2.80 bits per heavy atom. The van der Waals surface area contributed by atoms with Gasteiger partial charge in [-0.2, -0.15) is 0 Å². The van der Waals surface area contributed by atoms with Gasteiger partial charge in [0.05, 0.1) is 0 Å². The number of nitrogen functional groups attached to an aromatic ring is 1. The highest BCUT2D eigenvalue weighted by Crippen LogP contribution is 2.13. The molecule has 1 aromatic rings. The number of piperazine rings is 1. The van der Waals surface area contributed by atoms with E-state index >= 15 is 0 Å². The van der Waals surface area contributed by atoms with E-state index in [4.69, 9.17) is 5.73 Å². The molecule has 20 heavy (non-hydrogen) atoms. The van der Waals surface area contributed by atoms with Crippen LogP contribution in [0, 0.1) is 0 Å². The van der Waals surface area contributed by atoms with E-state index in [1.807, 2.05) is 6.92 Å². The molecule has 1 aliphatic heterocycles. The fraction of sp³-hybridized carbons (Fsp3) is 0.500. The second-order valence-electron chi connectivity index (χ2n) is 5.06. The number of carbonyl (C=O) groups is 2. The molecule has 1 saturated heterocycles. The van der Waals surface area contributed by atoms with Crippen molar-refractivity contribution in [3.63, 3.8) is 0 Å². The van der Waals surface area contributed by atoms with Crippen LogP contribution in [0.1, 0.15) is 29.4 Å². The van der Waals surface area contributed by atoms with Crippen LogP contribution in [-0.4, -0.2) is 53.3 Å². The monoisotopic (exact) mass is 276 g/mol. The minimum atomic E-state index is -0.155. The van der Waals surface area contributed by atoms with Crippen LogP contribution in [0.15, 0.2) is 12.1 Å². The largest absolute Gasteiger partial charge is 0.384 e. The third-order valence-electron chi connectivity index (χ3n) is 3.40. The van der Waals surface area contributed by atoms with E-state index in [1.54, 1.807) is 29.0 Å². The summed E-state index contributed by atoms with van der Waals surface area (Å²) in [5, 5.41) is 0. The molecular weight excluding hydrogens is 256 g/mol. The van der Waals surface area contributed by atoms with Crippen molar-refractivity contribution in [2.24, 2.45) is 0 Å². The van der Waals surface area contributed by atoms with Crippen LogP contribution in [0.2, 0.25) is 0 Å². The van der Waals surface area contributed by atoms with Crippen LogP contribution in [0.25, 0.3) is 0 Å². The van der Waals surface area contributed by atoms with E-state index in [1.165, 1.54) is 0 Å². The Balaban J connectivity index is 2.18. The predicted octanol–water partition coefficient (Wildman–Crippen LogP) is 0.531. The lowest BCUT2D eigenvalue weighted by atomic mass is 10.1. The molecule has 2 rings (SSSR count). The molecule has 2 amide bonds. The number of aromatic nitrogens is 1. The van der Waals surface area contributed by atoms with Crippen molar-refractivity contribution in [2.75, 3.05) is 32.4 Å². The summed E-state index contributed by atoms with van der Waals surface area (Å²) in [4.78, 5) is 31.5. The Hall–Kier alpha value is -2.11. The van der Waals surface area contributed by atoms with Gasteiger partial charge < -0.3 is 15.5 Å². The number of carbonyl (C=O) groups excluding carboxylic acids is 2. The summed E-state index contributed by atoms with van der Waals surface area (Å²) in [5.74, 6) is 0.151. The normalized spacial score (nSPS) is 15.6. The third kappa shape index (κ3) is 3.07. The number of aryl methyl sites for hydroxylation is 1. The molecule has 0 radical (unpaired) electrons. The second kappa shape index (κ2) is 5.90. The Morgan fingerprint density at radius 2 is 2.15 bits per heavy atom. The van der Waals surface area contributed by atoms with Gasteiger partial charge >= 0.3 is 0 Å². The van der Waals surface area contributed by atoms with Crippen LogP contribution >= 0.6 is 0 Å². The molecule has 2 heterocycles. The van der Waals surface area contributed by atoms with Gasteiger partial charge in [-0.1, -0.05) is 13.3 Å². The number of hydrogen-bond acceptors (Lipinski definition) is 4. The maximum absolute atomic E-state index is 12.4. The highest BCUT2D eigenvalue weighted by atomic mass is 16.2. The van der Waals surface area contributed by atoms with Crippen LogP contribution in [0.5, 0.6) is 0 Å². The van der Waals surface area contributed by atoms with Gasteiger partial charge in [0.25, 0.3) is 5.91 Å². The van der Waals surface area contributed by atoms with Crippen LogP contribution in [0.4, 0.5) is 5.82 Å². The van der Waals surface area contributed by atoms with Crippen molar-refractivity contribution in [1.82, 2.24) is 14.8 Å². The first-order valence-corrected chi connectivity index (χ1v) is 6.81. The lowest BCUT2D eigenvalue weighted by molar-refractivity contribution is -0.133. The van der Waals surface area contributed by atoms with Gasteiger partial charge in [0.1, 0.15) is 12.4 Å². The van der Waals surface area contributed by atoms with Crippen molar-refractivity contribution < 1.29 is 9.59 Å². The van der Waals surface area contributed by atoms with Crippen molar-refractivity contribution in [3.05, 3.63) is 23.4 Å². The van der Waals surface area contributed by atoms with Crippen LogP contribution < -0.4 is 5.73 Å². The minimum absolute atomic E-state index is 0.0413. The number of amides is 2. The Bertz CT molecular complexity index is 530. The van der Waals surface area contributed by atoms with Crippen molar-refractivity contribution in [3.8, 4) is 0 Å². The molecule has 1 aliphatic rings. The summed E-state index contributed by atoms with van der Waals surface area (Å²) in [6.45, 7) is 3.28. The standard InChI is InChI=1S/C14H20N4O2/c1-3-4-11-7-10(8-12(15)16-11)14(20)18-6-5-17(2)13(19)9-18/h7-8H,3-6,9H2,1-2H3,(H2,15,16). The van der Waals surface area contributed by atoms with E-state index in [2.05, 4.69) is 4.98 Å². The number of hydrogen-bond donors (Lipinski definition) is 1. The molecule has 0 unspecified atom stereocenters. The highest BCUT2D eigenvalue weighted by Gasteiger charge is 2.26. The third-order valence-corrected chi connectivity index (χ3v) is 3.40. The predicted molar refractivity (Wildman–Crippen MR) is 76.2 cm³/mol. The molecule has 0 aliphatic carbocycles. The number of nitrogens with zero attached hydrogens (tertiary/aromatic N) is 3. The van der Waals surface area contributed by atoms with Crippen molar-refractivity contribution in [1.29, 1.82) is 0 Å². The number of rotatable bonds is 3. The molecule has 0 saturated carbocycles. The summed E-state index contributed by atoms with van der Waals surface area (Å²) >= 11 is 0. The molecule has 2 N–H and O–H groups in total. The molecule has 6 heteroatoms.